The van der Waals surface area contributed by atoms with Crippen LogP contribution in [-0.4, -0.2) is 28.7 Å². The monoisotopic (exact) mass is 262 g/mol. The van der Waals surface area contributed by atoms with E-state index in [1.807, 2.05) is 6.92 Å². The highest BCUT2D eigenvalue weighted by molar-refractivity contribution is 5.74. The van der Waals surface area contributed by atoms with Gasteiger partial charge >= 0.3 is 0 Å². The van der Waals surface area contributed by atoms with E-state index in [0.717, 1.165) is 0 Å². The van der Waals surface area contributed by atoms with Gasteiger partial charge in [0.2, 0.25) is 0 Å². The second-order valence-electron chi connectivity index (χ2n) is 4.59. The van der Waals surface area contributed by atoms with Crippen molar-refractivity contribution in [2.75, 3.05) is 6.61 Å². The molecule has 2 N–H and O–H groups in total. The van der Waals surface area contributed by atoms with Gasteiger partial charge in [0.05, 0.1) is 0 Å². The minimum atomic E-state index is -0.167. The van der Waals surface area contributed by atoms with E-state index in [2.05, 4.69) is 0 Å². The molecule has 112 valence electrons. The first kappa shape index (κ1) is 22.7. The molecule has 0 heterocycles. The van der Waals surface area contributed by atoms with Gasteiger partial charge in [-0.15, -0.1) is 0 Å². The highest BCUT2D eigenvalue weighted by Gasteiger charge is 1.95. The maximum absolute atomic E-state index is 9.81. The summed E-state index contributed by atoms with van der Waals surface area (Å²) in [5.41, 5.74) is 0. The maximum atomic E-state index is 9.81. The molecule has 0 aromatic carbocycles. The van der Waals surface area contributed by atoms with Gasteiger partial charge in [0, 0.05) is 19.1 Å². The normalized spacial score (nSPS) is 13.1. The van der Waals surface area contributed by atoms with Gasteiger partial charge in [0.1, 0.15) is 5.78 Å². The molecule has 3 heteroatoms. The number of rotatable bonds is 1. The summed E-state index contributed by atoms with van der Waals surface area (Å²) in [7, 11) is 0. The number of carbonyl (C=O) groups excluding carboxylic acids is 1. The van der Waals surface area contributed by atoms with Gasteiger partial charge in [-0.3, -0.25) is 0 Å². The first-order valence-corrected chi connectivity index (χ1v) is 7.20. The lowest BCUT2D eigenvalue weighted by Gasteiger charge is -2.05. The molecule has 0 bridgehead atoms. The lowest BCUT2D eigenvalue weighted by Crippen LogP contribution is -1.85. The van der Waals surface area contributed by atoms with Crippen molar-refractivity contribution in [2.45, 2.75) is 85.7 Å². The molecule has 3 nitrogen and oxygen atoms in total. The van der Waals surface area contributed by atoms with Gasteiger partial charge in [-0.2, -0.15) is 0 Å². The maximum Gasteiger partial charge on any atom is 0.129 e. The van der Waals surface area contributed by atoms with Crippen LogP contribution in [0.3, 0.4) is 0 Å². The summed E-state index contributed by atoms with van der Waals surface area (Å²) in [4.78, 5) is 9.81. The van der Waals surface area contributed by atoms with Crippen molar-refractivity contribution in [3.05, 3.63) is 0 Å². The van der Waals surface area contributed by atoms with Gasteiger partial charge in [0.15, 0.2) is 0 Å². The quantitative estimate of drug-likeness (QED) is 0.757. The van der Waals surface area contributed by atoms with E-state index in [-0.39, 0.29) is 18.5 Å². The lowest BCUT2D eigenvalue weighted by atomic mass is 10.0. The fourth-order valence-corrected chi connectivity index (χ4v) is 1.06. The lowest BCUT2D eigenvalue weighted by molar-refractivity contribution is -0.116. The highest BCUT2D eigenvalue weighted by atomic mass is 16.3. The van der Waals surface area contributed by atoms with Crippen molar-refractivity contribution in [1.82, 2.24) is 0 Å². The molecule has 0 unspecified atom stereocenters. The molecule has 0 aliphatic heterocycles. The number of hydrogen-bond donors (Lipinski definition) is 2. The molecule has 0 spiro atoms. The molecule has 1 fully saturated rings. The first-order chi connectivity index (χ1) is 8.42. The van der Waals surface area contributed by atoms with E-state index in [0.29, 0.717) is 6.42 Å². The van der Waals surface area contributed by atoms with E-state index in [4.69, 9.17) is 10.2 Å². The van der Waals surface area contributed by atoms with Crippen molar-refractivity contribution >= 4 is 5.78 Å². The third-order valence-corrected chi connectivity index (χ3v) is 2.00. The summed E-state index contributed by atoms with van der Waals surface area (Å²) in [6, 6.07) is 0. The van der Waals surface area contributed by atoms with Crippen LogP contribution in [0.4, 0.5) is 0 Å². The predicted molar refractivity (Wildman–Crippen MR) is 78.8 cm³/mol. The zero-order chi connectivity index (χ0) is 14.8. The second kappa shape index (κ2) is 21.8. The van der Waals surface area contributed by atoms with E-state index in [1.165, 1.54) is 38.5 Å². The van der Waals surface area contributed by atoms with Crippen LogP contribution in [0.2, 0.25) is 0 Å². The number of carbonyl (C=O) groups is 1. The summed E-state index contributed by atoms with van der Waals surface area (Å²) in [5, 5.41) is 15.6. The van der Waals surface area contributed by atoms with Crippen molar-refractivity contribution in [2.24, 2.45) is 0 Å². The van der Waals surface area contributed by atoms with Gasteiger partial charge in [-0.1, -0.05) is 45.4 Å². The minimum Gasteiger partial charge on any atom is -0.397 e. The van der Waals surface area contributed by atoms with Crippen LogP contribution in [0.15, 0.2) is 0 Å². The number of aliphatic hydroxyl groups excluding tert-OH is 2. The van der Waals surface area contributed by atoms with E-state index >= 15 is 0 Å². The Morgan fingerprint density at radius 1 is 1.00 bits per heavy atom. The molecule has 18 heavy (non-hydrogen) atoms. The fraction of sp³-hybridized carbons (Fsp3) is 0.933. The minimum absolute atomic E-state index is 0.167. The Bertz CT molecular complexity index is 126. The summed E-state index contributed by atoms with van der Waals surface area (Å²) in [6.07, 6.45) is 9.50. The van der Waals surface area contributed by atoms with E-state index in [1.54, 1.807) is 27.7 Å². The van der Waals surface area contributed by atoms with E-state index < -0.39 is 0 Å². The van der Waals surface area contributed by atoms with Gasteiger partial charge < -0.3 is 15.0 Å². The summed E-state index contributed by atoms with van der Waals surface area (Å²) in [6.45, 7) is 8.81. The van der Waals surface area contributed by atoms with Crippen LogP contribution in [0.1, 0.15) is 79.6 Å². The molecule has 1 saturated carbocycles. The molecule has 0 aromatic rings. The zero-order valence-corrected chi connectivity index (χ0v) is 13.0. The molecule has 0 amide bonds. The number of hydrogen-bond acceptors (Lipinski definition) is 3. The van der Waals surface area contributed by atoms with Crippen LogP contribution >= 0.6 is 0 Å². The Morgan fingerprint density at radius 2 is 1.11 bits per heavy atom. The Morgan fingerprint density at radius 3 is 1.17 bits per heavy atom. The first-order valence-electron chi connectivity index (χ1n) is 7.20. The SMILES string of the molecule is C1CCCCC1.CC(C)O.CCC(C)=O.CCO. The van der Waals surface area contributed by atoms with Crippen LogP contribution < -0.4 is 0 Å². The van der Waals surface area contributed by atoms with Crippen LogP contribution in [0, 0.1) is 0 Å². The van der Waals surface area contributed by atoms with Gasteiger partial charge in [0.25, 0.3) is 0 Å². The summed E-state index contributed by atoms with van der Waals surface area (Å²) >= 11 is 0. The molecule has 0 aromatic heterocycles. The van der Waals surface area contributed by atoms with Crippen LogP contribution in [0.5, 0.6) is 0 Å². The number of Topliss-reactive ketones (excluding diaryl/α,β-unsaturated/α-hetero) is 1. The standard InChI is InChI=1S/C6H12.C4H8O.C3H8O.C2H6O/c1-2-4-6-5-3-1;1-3-4(2)5;1-3(2)4;1-2-3/h1-6H2;3H2,1-2H3;3-4H,1-2H3;3H,2H2,1H3. The second-order valence-corrected chi connectivity index (χ2v) is 4.59. The molecule has 1 aliphatic carbocycles. The highest BCUT2D eigenvalue weighted by Crippen LogP contribution is 2.15. The Kier molecular flexibility index (Phi) is 27.6. The smallest absolute Gasteiger partial charge is 0.129 e. The fourth-order valence-electron chi connectivity index (χ4n) is 1.06. The average Bonchev–Trinajstić information content (AvgIpc) is 2.32. The molecule has 1 rings (SSSR count). The van der Waals surface area contributed by atoms with Crippen LogP contribution in [-0.2, 0) is 4.79 Å². The van der Waals surface area contributed by atoms with Gasteiger partial charge in [-0.25, -0.2) is 0 Å². The topological polar surface area (TPSA) is 57.5 Å². The Hall–Kier alpha value is -0.410. The van der Waals surface area contributed by atoms with Crippen molar-refractivity contribution < 1.29 is 15.0 Å². The van der Waals surface area contributed by atoms with Crippen molar-refractivity contribution in [1.29, 1.82) is 0 Å². The Balaban J connectivity index is -0.000000173. The molecular weight excluding hydrogens is 228 g/mol. The zero-order valence-electron chi connectivity index (χ0n) is 13.0. The molecule has 0 saturated heterocycles. The van der Waals surface area contributed by atoms with Crippen molar-refractivity contribution in [3.63, 3.8) is 0 Å². The summed E-state index contributed by atoms with van der Waals surface area (Å²) in [5.74, 6) is 0.255. The van der Waals surface area contributed by atoms with E-state index in [9.17, 15) is 4.79 Å². The number of aliphatic hydroxyl groups is 2. The van der Waals surface area contributed by atoms with Crippen molar-refractivity contribution in [3.8, 4) is 0 Å². The largest absolute Gasteiger partial charge is 0.397 e. The average molecular weight is 262 g/mol. The van der Waals surface area contributed by atoms with Gasteiger partial charge in [-0.05, 0) is 27.7 Å². The Labute approximate surface area is 114 Å². The number of ketones is 1. The summed E-state index contributed by atoms with van der Waals surface area (Å²) < 4.78 is 0. The molecule has 1 aliphatic rings. The predicted octanol–water partition coefficient (Wildman–Crippen LogP) is 3.71. The van der Waals surface area contributed by atoms with Crippen LogP contribution in [0.25, 0.3) is 0 Å². The molecule has 0 radical (unpaired) electrons. The molecular formula is C15H34O3. The third kappa shape index (κ3) is 57.6. The third-order valence-electron chi connectivity index (χ3n) is 2.00. The molecule has 0 atom stereocenters.